The second-order valence-electron chi connectivity index (χ2n) is 5.29. The van der Waals surface area contributed by atoms with Crippen LogP contribution < -0.4 is 4.72 Å². The number of carbonyl (C=O) groups excluding carboxylic acids is 1. The smallest absolute Gasteiger partial charge is 0.240 e. The quantitative estimate of drug-likeness (QED) is 0.603. The minimum absolute atomic E-state index is 0.0714. The van der Waals surface area contributed by atoms with E-state index in [1.165, 1.54) is 42.5 Å². The van der Waals surface area contributed by atoms with Crippen LogP contribution in [0.25, 0.3) is 6.08 Å². The molecule has 0 aromatic heterocycles. The number of hydrogen-bond donors (Lipinski definition) is 1. The zero-order chi connectivity index (χ0) is 18.4. The summed E-state index contributed by atoms with van der Waals surface area (Å²) >= 11 is 0. The van der Waals surface area contributed by atoms with Gasteiger partial charge < -0.3 is 0 Å². The van der Waals surface area contributed by atoms with Crippen molar-refractivity contribution in [2.75, 3.05) is 6.54 Å². The fourth-order valence-electron chi connectivity index (χ4n) is 2.00. The molecule has 2 rings (SSSR count). The van der Waals surface area contributed by atoms with E-state index in [0.29, 0.717) is 18.5 Å². The Morgan fingerprint density at radius 1 is 1.08 bits per heavy atom. The maximum atomic E-state index is 13.1. The minimum Gasteiger partial charge on any atom is -0.289 e. The molecule has 0 aliphatic carbocycles. The van der Waals surface area contributed by atoms with Crippen molar-refractivity contribution < 1.29 is 22.0 Å². The summed E-state index contributed by atoms with van der Waals surface area (Å²) in [5, 5.41) is 0. The van der Waals surface area contributed by atoms with Crippen molar-refractivity contribution in [1.29, 1.82) is 0 Å². The second kappa shape index (κ2) is 8.13. The van der Waals surface area contributed by atoms with Gasteiger partial charge in [0, 0.05) is 12.1 Å². The Labute approximate surface area is 145 Å². The molecule has 0 atom stereocenters. The highest BCUT2D eigenvalue weighted by Gasteiger charge is 2.13. The van der Waals surface area contributed by atoms with Gasteiger partial charge in [-0.25, -0.2) is 21.9 Å². The average Bonchev–Trinajstić information content (AvgIpc) is 2.61. The molecule has 2 aromatic rings. The predicted molar refractivity (Wildman–Crippen MR) is 91.6 cm³/mol. The maximum absolute atomic E-state index is 13.1. The van der Waals surface area contributed by atoms with Crippen LogP contribution in [0.3, 0.4) is 0 Å². The van der Waals surface area contributed by atoms with Crippen LogP contribution >= 0.6 is 0 Å². The van der Waals surface area contributed by atoms with Gasteiger partial charge in [-0.15, -0.1) is 0 Å². The first-order valence-corrected chi connectivity index (χ1v) is 9.09. The van der Waals surface area contributed by atoms with Crippen molar-refractivity contribution >= 4 is 21.9 Å². The SMILES string of the molecule is CCCNS(=O)(=O)c1ccc(C(=O)C=Cc2ccc(F)c(F)c2)cc1. The van der Waals surface area contributed by atoms with Crippen molar-refractivity contribution in [2.24, 2.45) is 0 Å². The molecular weight excluding hydrogens is 348 g/mol. The molecule has 0 saturated carbocycles. The van der Waals surface area contributed by atoms with Crippen LogP contribution in [-0.4, -0.2) is 20.7 Å². The lowest BCUT2D eigenvalue weighted by atomic mass is 10.1. The summed E-state index contributed by atoms with van der Waals surface area (Å²) in [6, 6.07) is 8.79. The monoisotopic (exact) mass is 365 g/mol. The Morgan fingerprint density at radius 3 is 2.36 bits per heavy atom. The highest BCUT2D eigenvalue weighted by Crippen LogP contribution is 2.13. The highest BCUT2D eigenvalue weighted by atomic mass is 32.2. The van der Waals surface area contributed by atoms with Gasteiger partial charge in [0.2, 0.25) is 10.0 Å². The number of benzene rings is 2. The highest BCUT2D eigenvalue weighted by molar-refractivity contribution is 7.89. The number of hydrogen-bond acceptors (Lipinski definition) is 3. The summed E-state index contributed by atoms with van der Waals surface area (Å²) < 4.78 is 52.3. The number of carbonyl (C=O) groups is 1. The van der Waals surface area contributed by atoms with E-state index in [-0.39, 0.29) is 16.2 Å². The molecule has 0 aliphatic heterocycles. The Balaban J connectivity index is 2.12. The van der Waals surface area contributed by atoms with Crippen LogP contribution in [-0.2, 0) is 10.0 Å². The van der Waals surface area contributed by atoms with Crippen molar-refractivity contribution in [2.45, 2.75) is 18.2 Å². The molecule has 25 heavy (non-hydrogen) atoms. The van der Waals surface area contributed by atoms with Gasteiger partial charge in [-0.05, 0) is 54.5 Å². The predicted octanol–water partition coefficient (Wildman–Crippen LogP) is 3.55. The van der Waals surface area contributed by atoms with E-state index in [9.17, 15) is 22.0 Å². The van der Waals surface area contributed by atoms with Gasteiger partial charge in [-0.3, -0.25) is 4.79 Å². The lowest BCUT2D eigenvalue weighted by molar-refractivity contribution is 0.104. The van der Waals surface area contributed by atoms with Gasteiger partial charge in [0.15, 0.2) is 17.4 Å². The number of rotatable bonds is 7. The van der Waals surface area contributed by atoms with Gasteiger partial charge in [-0.1, -0.05) is 19.1 Å². The molecule has 0 radical (unpaired) electrons. The number of ketones is 1. The van der Waals surface area contributed by atoms with Crippen LogP contribution in [0.4, 0.5) is 8.78 Å². The van der Waals surface area contributed by atoms with Gasteiger partial charge in [-0.2, -0.15) is 0 Å². The van der Waals surface area contributed by atoms with Gasteiger partial charge in [0.05, 0.1) is 4.90 Å². The van der Waals surface area contributed by atoms with Crippen molar-refractivity contribution in [3.8, 4) is 0 Å². The topological polar surface area (TPSA) is 63.2 Å². The Bertz CT molecular complexity index is 891. The molecule has 1 N–H and O–H groups in total. The van der Waals surface area contributed by atoms with Crippen LogP contribution in [0.15, 0.2) is 53.4 Å². The molecule has 4 nitrogen and oxygen atoms in total. The Morgan fingerprint density at radius 2 is 1.76 bits per heavy atom. The number of nitrogens with one attached hydrogen (secondary N) is 1. The summed E-state index contributed by atoms with van der Waals surface area (Å²) in [5.41, 5.74) is 0.628. The van der Waals surface area contributed by atoms with Gasteiger partial charge in [0.25, 0.3) is 0 Å². The van der Waals surface area contributed by atoms with Crippen LogP contribution in [0.2, 0.25) is 0 Å². The number of allylic oxidation sites excluding steroid dienone is 1. The third-order valence-electron chi connectivity index (χ3n) is 3.36. The standard InChI is InChI=1S/C18H17F2NO3S/c1-2-11-21-25(23,24)15-7-5-14(6-8-15)18(22)10-4-13-3-9-16(19)17(20)12-13/h3-10,12,21H,2,11H2,1H3. The molecule has 0 aliphatic rings. The van der Waals surface area contributed by atoms with Crippen LogP contribution in [0.5, 0.6) is 0 Å². The minimum atomic E-state index is -3.59. The van der Waals surface area contributed by atoms with Gasteiger partial charge >= 0.3 is 0 Å². The van der Waals surface area contributed by atoms with Crippen LogP contribution in [0.1, 0.15) is 29.3 Å². The lowest BCUT2D eigenvalue weighted by Crippen LogP contribution is -2.24. The normalized spacial score (nSPS) is 11.8. The zero-order valence-electron chi connectivity index (χ0n) is 13.5. The summed E-state index contributed by atoms with van der Waals surface area (Å²) in [5.74, 6) is -2.34. The molecule has 0 bridgehead atoms. The number of halogens is 2. The molecule has 0 fully saturated rings. The first-order valence-electron chi connectivity index (χ1n) is 7.60. The zero-order valence-corrected chi connectivity index (χ0v) is 14.3. The molecule has 0 unspecified atom stereocenters. The third kappa shape index (κ3) is 5.04. The molecule has 132 valence electrons. The van der Waals surface area contributed by atoms with E-state index in [2.05, 4.69) is 4.72 Å². The molecule has 0 spiro atoms. The summed E-state index contributed by atoms with van der Waals surface area (Å²) in [7, 11) is -3.59. The average molecular weight is 365 g/mol. The summed E-state index contributed by atoms with van der Waals surface area (Å²) in [6.45, 7) is 2.18. The van der Waals surface area contributed by atoms with E-state index in [1.54, 1.807) is 0 Å². The molecule has 7 heteroatoms. The van der Waals surface area contributed by atoms with E-state index in [1.807, 2.05) is 6.92 Å². The first kappa shape index (κ1) is 19.0. The van der Waals surface area contributed by atoms with E-state index >= 15 is 0 Å². The fourth-order valence-corrected chi connectivity index (χ4v) is 3.14. The Hall–Kier alpha value is -2.38. The van der Waals surface area contributed by atoms with E-state index in [4.69, 9.17) is 0 Å². The maximum Gasteiger partial charge on any atom is 0.240 e. The van der Waals surface area contributed by atoms with Crippen molar-refractivity contribution in [1.82, 2.24) is 4.72 Å². The van der Waals surface area contributed by atoms with Gasteiger partial charge in [0.1, 0.15) is 0 Å². The van der Waals surface area contributed by atoms with Crippen molar-refractivity contribution in [3.05, 3.63) is 71.3 Å². The lowest BCUT2D eigenvalue weighted by Gasteiger charge is -2.05. The van der Waals surface area contributed by atoms with Crippen LogP contribution in [0, 0.1) is 11.6 Å². The van der Waals surface area contributed by atoms with E-state index < -0.39 is 21.7 Å². The number of sulfonamides is 1. The molecule has 0 heterocycles. The van der Waals surface area contributed by atoms with E-state index in [0.717, 1.165) is 12.1 Å². The molecule has 2 aromatic carbocycles. The largest absolute Gasteiger partial charge is 0.289 e. The fraction of sp³-hybridized carbons (Fsp3) is 0.167. The third-order valence-corrected chi connectivity index (χ3v) is 4.84. The summed E-state index contributed by atoms with van der Waals surface area (Å²) in [6.07, 6.45) is 3.24. The second-order valence-corrected chi connectivity index (χ2v) is 7.06. The molecular formula is C18H17F2NO3S. The van der Waals surface area contributed by atoms with Crippen molar-refractivity contribution in [3.63, 3.8) is 0 Å². The first-order chi connectivity index (χ1) is 11.8. The summed E-state index contributed by atoms with van der Waals surface area (Å²) in [4.78, 5) is 12.2. The Kier molecular flexibility index (Phi) is 6.17. The molecule has 0 saturated heterocycles. The molecule has 0 amide bonds.